The van der Waals surface area contributed by atoms with Crippen molar-refractivity contribution in [3.8, 4) is 0 Å². The van der Waals surface area contributed by atoms with E-state index in [0.29, 0.717) is 10.0 Å². The molecule has 1 aliphatic heterocycles. The van der Waals surface area contributed by atoms with Gasteiger partial charge in [-0.05, 0) is 24.3 Å². The monoisotopic (exact) mass is 470 g/mol. The molecule has 0 aliphatic carbocycles. The largest absolute Gasteiger partial charge is 0.477 e. The van der Waals surface area contributed by atoms with E-state index in [1.807, 2.05) is 17.0 Å². The summed E-state index contributed by atoms with van der Waals surface area (Å²) in [5, 5.41) is 13.7. The second-order valence-corrected chi connectivity index (χ2v) is 9.75. The number of H-pyrrole nitrogens is 2. The van der Waals surface area contributed by atoms with Gasteiger partial charge in [-0.3, -0.25) is 4.79 Å². The molecule has 0 bridgehead atoms. The number of aromatic nitrogens is 2. The van der Waals surface area contributed by atoms with Crippen LogP contribution in [-0.2, 0) is 0 Å². The average Bonchev–Trinajstić information content (AvgIpc) is 3.41. The summed E-state index contributed by atoms with van der Waals surface area (Å²) in [6, 6.07) is 7.07. The van der Waals surface area contributed by atoms with Gasteiger partial charge >= 0.3 is 5.97 Å². The standard InChI is InChI=1S/C11H12ClN3OS.C7H4ClNO2S/c12-9-6-7-5-8(14-10(7)17-9)11(16)15-3-1-13-2-4-15;8-5-2-3-1-4(7(10)11)9-6(3)12-5/h5-6,13-14H,1-4H2;1-2,9H,(H,10,11). The van der Waals surface area contributed by atoms with Gasteiger partial charge in [-0.1, -0.05) is 23.2 Å². The summed E-state index contributed by atoms with van der Waals surface area (Å²) in [6.45, 7) is 3.28. The van der Waals surface area contributed by atoms with E-state index < -0.39 is 5.97 Å². The summed E-state index contributed by atoms with van der Waals surface area (Å²) in [5.41, 5.74) is 0.859. The predicted octanol–water partition coefficient (Wildman–Crippen LogP) is 4.51. The van der Waals surface area contributed by atoms with E-state index in [1.165, 1.54) is 22.7 Å². The fraction of sp³-hybridized carbons (Fsp3) is 0.222. The first-order valence-electron chi connectivity index (χ1n) is 8.70. The lowest BCUT2D eigenvalue weighted by molar-refractivity contribution is 0.0689. The number of amides is 1. The Hall–Kier alpha value is -2.04. The molecule has 5 heterocycles. The number of piperazine rings is 1. The van der Waals surface area contributed by atoms with Crippen LogP contribution in [0.4, 0.5) is 0 Å². The van der Waals surface area contributed by atoms with Crippen LogP contribution in [0.15, 0.2) is 24.3 Å². The Morgan fingerprint density at radius 3 is 1.93 bits per heavy atom. The molecule has 5 rings (SSSR count). The molecule has 0 atom stereocenters. The number of carbonyl (C=O) groups excluding carboxylic acids is 1. The van der Waals surface area contributed by atoms with E-state index in [-0.39, 0.29) is 11.6 Å². The smallest absolute Gasteiger partial charge is 0.352 e. The van der Waals surface area contributed by atoms with Gasteiger partial charge in [0.15, 0.2) is 0 Å². The summed E-state index contributed by atoms with van der Waals surface area (Å²) >= 11 is 14.4. The van der Waals surface area contributed by atoms with E-state index in [0.717, 1.165) is 50.9 Å². The van der Waals surface area contributed by atoms with Crippen LogP contribution in [-0.4, -0.2) is 58.0 Å². The first-order valence-corrected chi connectivity index (χ1v) is 11.1. The Morgan fingerprint density at radius 1 is 0.897 bits per heavy atom. The second-order valence-electron chi connectivity index (χ2n) is 6.38. The van der Waals surface area contributed by atoms with Crippen molar-refractivity contribution in [3.63, 3.8) is 0 Å². The molecule has 11 heteroatoms. The van der Waals surface area contributed by atoms with Crippen LogP contribution in [0.5, 0.6) is 0 Å². The molecule has 152 valence electrons. The minimum Gasteiger partial charge on any atom is -0.477 e. The van der Waals surface area contributed by atoms with E-state index in [9.17, 15) is 9.59 Å². The van der Waals surface area contributed by atoms with Crippen LogP contribution in [0.25, 0.3) is 20.4 Å². The third-order valence-corrected chi connectivity index (χ3v) is 6.81. The molecule has 1 aliphatic rings. The van der Waals surface area contributed by atoms with Crippen molar-refractivity contribution >= 4 is 78.2 Å². The molecule has 0 spiro atoms. The Labute approximate surface area is 183 Å². The first kappa shape index (κ1) is 20.2. The number of carboxylic acids is 1. The van der Waals surface area contributed by atoms with Gasteiger partial charge in [0, 0.05) is 37.0 Å². The lowest BCUT2D eigenvalue weighted by Gasteiger charge is -2.26. The number of halogens is 2. The maximum atomic E-state index is 12.2. The molecule has 29 heavy (non-hydrogen) atoms. The van der Waals surface area contributed by atoms with E-state index in [1.54, 1.807) is 12.1 Å². The van der Waals surface area contributed by atoms with E-state index >= 15 is 0 Å². The number of nitrogens with one attached hydrogen (secondary N) is 3. The molecule has 4 N–H and O–H groups in total. The minimum atomic E-state index is -0.950. The number of aromatic carboxylic acids is 1. The van der Waals surface area contributed by atoms with Crippen molar-refractivity contribution < 1.29 is 14.7 Å². The van der Waals surface area contributed by atoms with Crippen LogP contribution in [0.2, 0.25) is 8.67 Å². The highest BCUT2D eigenvalue weighted by Crippen LogP contribution is 2.30. The van der Waals surface area contributed by atoms with Crippen LogP contribution in [0, 0.1) is 0 Å². The molecule has 0 radical (unpaired) electrons. The van der Waals surface area contributed by atoms with Gasteiger partial charge in [0.1, 0.15) is 21.0 Å². The van der Waals surface area contributed by atoms with Crippen molar-refractivity contribution in [2.45, 2.75) is 0 Å². The van der Waals surface area contributed by atoms with Gasteiger partial charge in [-0.2, -0.15) is 0 Å². The van der Waals surface area contributed by atoms with Gasteiger partial charge in [-0.15, -0.1) is 22.7 Å². The van der Waals surface area contributed by atoms with Crippen LogP contribution in [0.1, 0.15) is 21.0 Å². The molecule has 4 aromatic rings. The average molecular weight is 471 g/mol. The molecule has 1 saturated heterocycles. The van der Waals surface area contributed by atoms with Crippen molar-refractivity contribution in [1.29, 1.82) is 0 Å². The van der Waals surface area contributed by atoms with Crippen molar-refractivity contribution in [2.24, 2.45) is 0 Å². The number of hydrogen-bond acceptors (Lipinski definition) is 5. The van der Waals surface area contributed by atoms with Gasteiger partial charge < -0.3 is 25.3 Å². The molecule has 7 nitrogen and oxygen atoms in total. The third-order valence-electron chi connectivity index (χ3n) is 4.42. The van der Waals surface area contributed by atoms with Gasteiger partial charge in [0.25, 0.3) is 5.91 Å². The van der Waals surface area contributed by atoms with Crippen molar-refractivity contribution in [1.82, 2.24) is 20.2 Å². The lowest BCUT2D eigenvalue weighted by Crippen LogP contribution is -2.46. The zero-order valence-corrected chi connectivity index (χ0v) is 18.1. The molecular formula is C18H16Cl2N4O3S2. The molecular weight excluding hydrogens is 455 g/mol. The number of rotatable bonds is 2. The third kappa shape index (κ3) is 4.44. The molecule has 0 aromatic carbocycles. The number of thiophene rings is 2. The number of aromatic amines is 2. The zero-order chi connectivity index (χ0) is 20.5. The van der Waals surface area contributed by atoms with Crippen molar-refractivity contribution in [3.05, 3.63) is 44.3 Å². The normalized spacial score (nSPS) is 14.2. The number of fused-ring (bicyclic) bond motifs is 2. The Balaban J connectivity index is 0.000000150. The van der Waals surface area contributed by atoms with Crippen LogP contribution < -0.4 is 5.32 Å². The molecule has 1 amide bonds. The summed E-state index contributed by atoms with van der Waals surface area (Å²) in [6.07, 6.45) is 0. The lowest BCUT2D eigenvalue weighted by atomic mass is 10.3. The SMILES string of the molecule is O=C(O)c1cc2cc(Cl)sc2[nH]1.O=C(c1cc2cc(Cl)sc2[nH]1)N1CCNCC1. The highest BCUT2D eigenvalue weighted by atomic mass is 35.5. The zero-order valence-electron chi connectivity index (χ0n) is 14.9. The van der Waals surface area contributed by atoms with Crippen LogP contribution in [0.3, 0.4) is 0 Å². The predicted molar refractivity (Wildman–Crippen MR) is 118 cm³/mol. The van der Waals surface area contributed by atoms with Gasteiger partial charge in [0.05, 0.1) is 8.67 Å². The summed E-state index contributed by atoms with van der Waals surface area (Å²) < 4.78 is 1.40. The molecule has 0 saturated carbocycles. The van der Waals surface area contributed by atoms with Crippen LogP contribution >= 0.6 is 45.9 Å². The van der Waals surface area contributed by atoms with Crippen molar-refractivity contribution in [2.75, 3.05) is 26.2 Å². The topological polar surface area (TPSA) is 101 Å². The summed E-state index contributed by atoms with van der Waals surface area (Å²) in [5.74, 6) is -0.874. The Kier molecular flexibility index (Phi) is 5.84. The summed E-state index contributed by atoms with van der Waals surface area (Å²) in [7, 11) is 0. The summed E-state index contributed by atoms with van der Waals surface area (Å²) in [4.78, 5) is 32.2. The molecule has 0 unspecified atom stereocenters. The number of carboxylic acid groups (broad SMARTS) is 1. The minimum absolute atomic E-state index is 0.0750. The Bertz CT molecular complexity index is 1120. The van der Waals surface area contributed by atoms with E-state index in [2.05, 4.69) is 15.3 Å². The highest BCUT2D eigenvalue weighted by molar-refractivity contribution is 7.22. The fourth-order valence-electron chi connectivity index (χ4n) is 3.05. The van der Waals surface area contributed by atoms with Gasteiger partial charge in [-0.25, -0.2) is 4.79 Å². The second kappa shape index (κ2) is 8.37. The number of hydrogen-bond donors (Lipinski definition) is 4. The fourth-order valence-corrected chi connectivity index (χ4v) is 5.31. The van der Waals surface area contributed by atoms with E-state index in [4.69, 9.17) is 28.3 Å². The maximum absolute atomic E-state index is 12.2. The van der Waals surface area contributed by atoms with Gasteiger partial charge in [0.2, 0.25) is 0 Å². The highest BCUT2D eigenvalue weighted by Gasteiger charge is 2.20. The maximum Gasteiger partial charge on any atom is 0.352 e. The number of nitrogens with zero attached hydrogens (tertiary/aromatic N) is 1. The number of carbonyl (C=O) groups is 2. The quantitative estimate of drug-likeness (QED) is 0.346. The molecule has 4 aromatic heterocycles. The Morgan fingerprint density at radius 2 is 1.41 bits per heavy atom. The first-order chi connectivity index (χ1) is 13.9. The molecule has 1 fully saturated rings.